The second kappa shape index (κ2) is 7.13. The minimum absolute atomic E-state index is 0.220. The summed E-state index contributed by atoms with van der Waals surface area (Å²) in [7, 11) is 1.54. The highest BCUT2D eigenvalue weighted by Crippen LogP contribution is 2.22. The molecular formula is C15H17F2N3O2. The molecule has 1 aromatic carbocycles. The Morgan fingerprint density at radius 1 is 1.32 bits per heavy atom. The number of benzene rings is 1. The van der Waals surface area contributed by atoms with Gasteiger partial charge in [0, 0.05) is 25.8 Å². The zero-order valence-electron chi connectivity index (χ0n) is 12.4. The molecular weight excluding hydrogens is 292 g/mol. The van der Waals surface area contributed by atoms with E-state index < -0.39 is 11.6 Å². The Kier molecular flexibility index (Phi) is 5.21. The van der Waals surface area contributed by atoms with Crippen LogP contribution in [0.25, 0.3) is 11.3 Å². The highest BCUT2D eigenvalue weighted by atomic mass is 19.2. The van der Waals surface area contributed by atoms with E-state index in [0.29, 0.717) is 31.0 Å². The molecule has 1 amide bonds. The van der Waals surface area contributed by atoms with Gasteiger partial charge < -0.3 is 10.1 Å². The number of methoxy groups -OCH3 is 1. The van der Waals surface area contributed by atoms with Crippen LogP contribution in [0.4, 0.5) is 8.78 Å². The van der Waals surface area contributed by atoms with Crippen LogP contribution in [0, 0.1) is 11.6 Å². The third-order valence-electron chi connectivity index (χ3n) is 3.12. The predicted molar refractivity (Wildman–Crippen MR) is 77.5 cm³/mol. The van der Waals surface area contributed by atoms with Gasteiger partial charge in [-0.1, -0.05) is 0 Å². The number of aryl methyl sites for hydroxylation is 1. The third kappa shape index (κ3) is 3.48. The minimum Gasteiger partial charge on any atom is -0.383 e. The van der Waals surface area contributed by atoms with Gasteiger partial charge in [0.1, 0.15) is 0 Å². The molecule has 0 aliphatic rings. The number of nitrogens with zero attached hydrogens (tertiary/aromatic N) is 2. The molecule has 0 saturated carbocycles. The van der Waals surface area contributed by atoms with Crippen LogP contribution in [-0.2, 0) is 11.3 Å². The lowest BCUT2D eigenvalue weighted by Gasteiger charge is -2.04. The van der Waals surface area contributed by atoms with Crippen molar-refractivity contribution in [3.05, 3.63) is 41.6 Å². The molecule has 118 valence electrons. The molecule has 1 heterocycles. The normalized spacial score (nSPS) is 10.7. The fourth-order valence-electron chi connectivity index (χ4n) is 2.01. The number of aromatic nitrogens is 2. The average Bonchev–Trinajstić information content (AvgIpc) is 2.94. The number of amides is 1. The number of rotatable bonds is 6. The molecule has 0 spiro atoms. The van der Waals surface area contributed by atoms with Crippen molar-refractivity contribution >= 4 is 5.91 Å². The topological polar surface area (TPSA) is 56.2 Å². The third-order valence-corrected chi connectivity index (χ3v) is 3.12. The van der Waals surface area contributed by atoms with E-state index in [1.807, 2.05) is 6.92 Å². The molecule has 5 nitrogen and oxygen atoms in total. The molecule has 0 aliphatic carbocycles. The van der Waals surface area contributed by atoms with Crippen molar-refractivity contribution in [1.82, 2.24) is 15.1 Å². The largest absolute Gasteiger partial charge is 0.383 e. The van der Waals surface area contributed by atoms with Crippen LogP contribution in [-0.4, -0.2) is 35.9 Å². The summed E-state index contributed by atoms with van der Waals surface area (Å²) in [5.41, 5.74) is 1.24. The first kappa shape index (κ1) is 16.1. The van der Waals surface area contributed by atoms with E-state index in [1.54, 1.807) is 17.9 Å². The molecule has 0 saturated heterocycles. The Bertz CT molecular complexity index is 671. The highest BCUT2D eigenvalue weighted by Gasteiger charge is 2.15. The Labute approximate surface area is 126 Å². The van der Waals surface area contributed by atoms with Gasteiger partial charge in [0.05, 0.1) is 12.3 Å². The second-order valence-electron chi connectivity index (χ2n) is 4.61. The van der Waals surface area contributed by atoms with Crippen LogP contribution in [0.5, 0.6) is 0 Å². The molecule has 1 aromatic heterocycles. The van der Waals surface area contributed by atoms with Crippen LogP contribution in [0.3, 0.4) is 0 Å². The number of carbonyl (C=O) groups excluding carboxylic acids is 1. The lowest BCUT2D eigenvalue weighted by Crippen LogP contribution is -2.27. The maximum Gasteiger partial charge on any atom is 0.271 e. The first-order chi connectivity index (χ1) is 10.6. The van der Waals surface area contributed by atoms with E-state index in [9.17, 15) is 13.6 Å². The van der Waals surface area contributed by atoms with Gasteiger partial charge in [0.15, 0.2) is 17.3 Å². The monoisotopic (exact) mass is 309 g/mol. The predicted octanol–water partition coefficient (Wildman–Crippen LogP) is 2.22. The summed E-state index contributed by atoms with van der Waals surface area (Å²) >= 11 is 0. The zero-order valence-corrected chi connectivity index (χ0v) is 12.4. The van der Waals surface area contributed by atoms with Gasteiger partial charge in [-0.2, -0.15) is 5.10 Å². The van der Waals surface area contributed by atoms with Gasteiger partial charge >= 0.3 is 0 Å². The van der Waals surface area contributed by atoms with Crippen molar-refractivity contribution in [2.24, 2.45) is 0 Å². The number of ether oxygens (including phenoxy) is 1. The molecule has 0 fully saturated rings. The van der Waals surface area contributed by atoms with Crippen molar-refractivity contribution in [2.75, 3.05) is 20.3 Å². The van der Waals surface area contributed by atoms with E-state index in [4.69, 9.17) is 4.74 Å². The second-order valence-corrected chi connectivity index (χ2v) is 4.61. The van der Waals surface area contributed by atoms with Crippen molar-refractivity contribution in [3.8, 4) is 11.3 Å². The van der Waals surface area contributed by atoms with E-state index in [-0.39, 0.29) is 11.6 Å². The summed E-state index contributed by atoms with van der Waals surface area (Å²) in [6, 6.07) is 5.15. The minimum atomic E-state index is -0.938. The van der Waals surface area contributed by atoms with Gasteiger partial charge in [0.25, 0.3) is 5.91 Å². The van der Waals surface area contributed by atoms with Crippen LogP contribution in [0.15, 0.2) is 24.3 Å². The molecule has 22 heavy (non-hydrogen) atoms. The van der Waals surface area contributed by atoms with Gasteiger partial charge in [-0.3, -0.25) is 9.48 Å². The van der Waals surface area contributed by atoms with Crippen LogP contribution in [0.1, 0.15) is 17.4 Å². The van der Waals surface area contributed by atoms with Crippen LogP contribution >= 0.6 is 0 Å². The zero-order chi connectivity index (χ0) is 16.1. The lowest BCUT2D eigenvalue weighted by atomic mass is 10.1. The standard InChI is InChI=1S/C15H17F2N3O2/c1-3-20-14(10-4-5-11(16)12(17)8-10)9-13(19-20)15(21)18-6-7-22-2/h4-5,8-9H,3,6-7H2,1-2H3,(H,18,21). The summed E-state index contributed by atoms with van der Waals surface area (Å²) < 4.78 is 32.8. The van der Waals surface area contributed by atoms with E-state index in [2.05, 4.69) is 10.4 Å². The number of nitrogens with one attached hydrogen (secondary N) is 1. The van der Waals surface area contributed by atoms with Gasteiger partial charge in [-0.05, 0) is 31.2 Å². The van der Waals surface area contributed by atoms with Gasteiger partial charge in [-0.15, -0.1) is 0 Å². The number of hydrogen-bond acceptors (Lipinski definition) is 3. The summed E-state index contributed by atoms with van der Waals surface area (Å²) in [4.78, 5) is 12.0. The Morgan fingerprint density at radius 2 is 2.09 bits per heavy atom. The van der Waals surface area contributed by atoms with E-state index in [1.165, 1.54) is 6.07 Å². The van der Waals surface area contributed by atoms with Crippen molar-refractivity contribution < 1.29 is 18.3 Å². The fraction of sp³-hybridized carbons (Fsp3) is 0.333. The number of hydrogen-bond donors (Lipinski definition) is 1. The first-order valence-corrected chi connectivity index (χ1v) is 6.87. The number of carbonyl (C=O) groups is 1. The Morgan fingerprint density at radius 3 is 2.73 bits per heavy atom. The quantitative estimate of drug-likeness (QED) is 0.833. The summed E-state index contributed by atoms with van der Waals surface area (Å²) in [5.74, 6) is -2.19. The highest BCUT2D eigenvalue weighted by molar-refractivity contribution is 5.93. The average molecular weight is 309 g/mol. The SMILES string of the molecule is CCn1nc(C(=O)NCCOC)cc1-c1ccc(F)c(F)c1. The molecule has 0 atom stereocenters. The van der Waals surface area contributed by atoms with Gasteiger partial charge in [0.2, 0.25) is 0 Å². The molecule has 0 radical (unpaired) electrons. The summed E-state index contributed by atoms with van der Waals surface area (Å²) in [6.45, 7) is 3.12. The molecule has 1 N–H and O–H groups in total. The first-order valence-electron chi connectivity index (χ1n) is 6.87. The van der Waals surface area contributed by atoms with Crippen molar-refractivity contribution in [2.45, 2.75) is 13.5 Å². The summed E-state index contributed by atoms with van der Waals surface area (Å²) in [6.07, 6.45) is 0. The van der Waals surface area contributed by atoms with Crippen LogP contribution < -0.4 is 5.32 Å². The maximum atomic E-state index is 13.4. The van der Waals surface area contributed by atoms with Crippen molar-refractivity contribution in [3.63, 3.8) is 0 Å². The number of halogens is 2. The van der Waals surface area contributed by atoms with Gasteiger partial charge in [-0.25, -0.2) is 8.78 Å². The molecule has 0 unspecified atom stereocenters. The van der Waals surface area contributed by atoms with E-state index >= 15 is 0 Å². The molecule has 7 heteroatoms. The fourth-order valence-corrected chi connectivity index (χ4v) is 2.01. The molecule has 2 aromatic rings. The smallest absolute Gasteiger partial charge is 0.271 e. The molecule has 0 bridgehead atoms. The summed E-state index contributed by atoms with van der Waals surface area (Å²) in [5, 5.41) is 6.85. The maximum absolute atomic E-state index is 13.4. The molecule has 0 aliphatic heterocycles. The molecule has 2 rings (SSSR count). The Hall–Kier alpha value is -2.28. The van der Waals surface area contributed by atoms with Crippen LogP contribution in [0.2, 0.25) is 0 Å². The van der Waals surface area contributed by atoms with Crippen molar-refractivity contribution in [1.29, 1.82) is 0 Å². The van der Waals surface area contributed by atoms with E-state index in [0.717, 1.165) is 12.1 Å². The lowest BCUT2D eigenvalue weighted by molar-refractivity contribution is 0.0931. The Balaban J connectivity index is 2.28.